The molecule has 5 nitrogen and oxygen atoms in total. The van der Waals surface area contributed by atoms with E-state index in [1.54, 1.807) is 0 Å². The molecule has 6 heteroatoms. The van der Waals surface area contributed by atoms with Crippen molar-refractivity contribution in [2.24, 2.45) is 0 Å². The van der Waals surface area contributed by atoms with Crippen molar-refractivity contribution in [2.45, 2.75) is 24.0 Å². The lowest BCUT2D eigenvalue weighted by molar-refractivity contribution is 0.573. The average Bonchev–Trinajstić information content (AvgIpc) is 2.67. The van der Waals surface area contributed by atoms with Crippen molar-refractivity contribution in [3.63, 3.8) is 0 Å². The highest BCUT2D eigenvalue weighted by molar-refractivity contribution is 7.89. The summed E-state index contributed by atoms with van der Waals surface area (Å²) in [7, 11) is -3.37. The summed E-state index contributed by atoms with van der Waals surface area (Å²) in [5, 5.41) is -0.00519. The van der Waals surface area contributed by atoms with Gasteiger partial charge in [-0.05, 0) is 12.8 Å². The molecule has 0 bridgehead atoms. The fourth-order valence-electron chi connectivity index (χ4n) is 0.874. The maximum Gasteiger partial charge on any atom is 0.274 e. The summed E-state index contributed by atoms with van der Waals surface area (Å²) in [4.78, 5) is 6.21. The van der Waals surface area contributed by atoms with Crippen LogP contribution in [0.5, 0.6) is 0 Å². The molecule has 0 atom stereocenters. The van der Waals surface area contributed by atoms with Crippen molar-refractivity contribution in [1.29, 1.82) is 0 Å². The van der Waals surface area contributed by atoms with E-state index < -0.39 is 10.0 Å². The van der Waals surface area contributed by atoms with Crippen LogP contribution < -0.4 is 4.72 Å². The molecule has 1 aromatic heterocycles. The van der Waals surface area contributed by atoms with Gasteiger partial charge in [-0.2, -0.15) is 0 Å². The quantitative estimate of drug-likeness (QED) is 0.691. The first-order chi connectivity index (χ1) is 5.68. The van der Waals surface area contributed by atoms with Crippen molar-refractivity contribution in [3.8, 4) is 0 Å². The molecule has 1 aliphatic rings. The highest BCUT2D eigenvalue weighted by Gasteiger charge is 2.28. The fourth-order valence-corrected chi connectivity index (χ4v) is 2.08. The standard InChI is InChI=1S/C6H9N3O2S/c10-12(11,9-5-1-2-5)6-7-3-4-8-6/h3-5,9H,1-2H2,(H,7,8). The summed E-state index contributed by atoms with van der Waals surface area (Å²) >= 11 is 0. The number of rotatable bonds is 3. The lowest BCUT2D eigenvalue weighted by Crippen LogP contribution is -2.26. The summed E-state index contributed by atoms with van der Waals surface area (Å²) < 4.78 is 25.2. The first-order valence-electron chi connectivity index (χ1n) is 3.70. The normalized spacial score (nSPS) is 18.0. The van der Waals surface area contributed by atoms with E-state index in [0.29, 0.717) is 0 Å². The Labute approximate surface area is 70.3 Å². The fraction of sp³-hybridized carbons (Fsp3) is 0.500. The number of aromatic amines is 1. The smallest absolute Gasteiger partial charge is 0.274 e. The zero-order valence-corrected chi connectivity index (χ0v) is 7.13. The summed E-state index contributed by atoms with van der Waals surface area (Å²) in [5.74, 6) is 0. The molecule has 1 heterocycles. The second-order valence-corrected chi connectivity index (χ2v) is 4.42. The second-order valence-electron chi connectivity index (χ2n) is 2.79. The minimum absolute atomic E-state index is 0.00519. The van der Waals surface area contributed by atoms with Crippen molar-refractivity contribution in [2.75, 3.05) is 0 Å². The molecule has 12 heavy (non-hydrogen) atoms. The van der Waals surface area contributed by atoms with E-state index >= 15 is 0 Å². The molecule has 0 saturated heterocycles. The van der Waals surface area contributed by atoms with Crippen molar-refractivity contribution in [3.05, 3.63) is 12.4 Å². The Morgan fingerprint density at radius 3 is 2.83 bits per heavy atom. The Morgan fingerprint density at radius 2 is 2.33 bits per heavy atom. The predicted molar refractivity (Wildman–Crippen MR) is 41.9 cm³/mol. The Kier molecular flexibility index (Phi) is 1.66. The van der Waals surface area contributed by atoms with Crippen LogP contribution in [-0.2, 0) is 10.0 Å². The molecule has 1 fully saturated rings. The van der Waals surface area contributed by atoms with Gasteiger partial charge in [0.1, 0.15) is 0 Å². The van der Waals surface area contributed by atoms with Crippen LogP contribution in [0.2, 0.25) is 0 Å². The van der Waals surface area contributed by atoms with Gasteiger partial charge in [0.05, 0.1) is 0 Å². The number of aromatic nitrogens is 2. The molecular weight excluding hydrogens is 178 g/mol. The molecule has 0 amide bonds. The van der Waals surface area contributed by atoms with Gasteiger partial charge >= 0.3 is 0 Å². The zero-order chi connectivity index (χ0) is 8.60. The number of nitrogens with zero attached hydrogens (tertiary/aromatic N) is 1. The maximum absolute atomic E-state index is 11.3. The largest absolute Gasteiger partial charge is 0.334 e. The van der Waals surface area contributed by atoms with Crippen LogP contribution in [0.1, 0.15) is 12.8 Å². The van der Waals surface area contributed by atoms with E-state index in [-0.39, 0.29) is 11.2 Å². The zero-order valence-electron chi connectivity index (χ0n) is 6.32. The summed E-state index contributed by atoms with van der Waals surface area (Å²) in [6, 6.07) is 0.125. The van der Waals surface area contributed by atoms with Gasteiger partial charge in [0.25, 0.3) is 10.0 Å². The third-order valence-electron chi connectivity index (χ3n) is 1.63. The van der Waals surface area contributed by atoms with Crippen LogP contribution in [-0.4, -0.2) is 24.4 Å². The molecule has 2 N–H and O–H groups in total. The van der Waals surface area contributed by atoms with Gasteiger partial charge in [-0.1, -0.05) is 0 Å². The predicted octanol–water partition coefficient (Wildman–Crippen LogP) is -0.150. The molecule has 2 rings (SSSR count). The van der Waals surface area contributed by atoms with Gasteiger partial charge in [-0.25, -0.2) is 18.1 Å². The van der Waals surface area contributed by atoms with E-state index in [0.717, 1.165) is 12.8 Å². The minimum Gasteiger partial charge on any atom is -0.334 e. The molecule has 66 valence electrons. The lowest BCUT2D eigenvalue weighted by atomic mass is 10.8. The highest BCUT2D eigenvalue weighted by atomic mass is 32.2. The monoisotopic (exact) mass is 187 g/mol. The molecule has 0 unspecified atom stereocenters. The molecule has 0 aromatic carbocycles. The topological polar surface area (TPSA) is 74.8 Å². The number of H-pyrrole nitrogens is 1. The van der Waals surface area contributed by atoms with Gasteiger partial charge in [0.15, 0.2) is 0 Å². The summed E-state index contributed by atoms with van der Waals surface area (Å²) in [6.45, 7) is 0. The summed E-state index contributed by atoms with van der Waals surface area (Å²) in [5.41, 5.74) is 0. The van der Waals surface area contributed by atoms with Crippen molar-refractivity contribution < 1.29 is 8.42 Å². The number of nitrogens with one attached hydrogen (secondary N) is 2. The molecule has 0 aliphatic heterocycles. The number of hydrogen-bond donors (Lipinski definition) is 2. The first kappa shape index (κ1) is 7.75. The van der Waals surface area contributed by atoms with E-state index in [4.69, 9.17) is 0 Å². The molecule has 1 aliphatic carbocycles. The maximum atomic E-state index is 11.3. The van der Waals surface area contributed by atoms with E-state index in [1.165, 1.54) is 12.4 Å². The second kappa shape index (κ2) is 2.56. The SMILES string of the molecule is O=S(=O)(NC1CC1)c1ncc[nH]1. The van der Waals surface area contributed by atoms with Gasteiger partial charge in [0.2, 0.25) is 5.16 Å². The third kappa shape index (κ3) is 1.49. The van der Waals surface area contributed by atoms with Gasteiger partial charge < -0.3 is 4.98 Å². The summed E-state index contributed by atoms with van der Waals surface area (Å²) in [6.07, 6.45) is 4.77. The van der Waals surface area contributed by atoms with E-state index in [1.807, 2.05) is 0 Å². The first-order valence-corrected chi connectivity index (χ1v) is 5.18. The van der Waals surface area contributed by atoms with Crippen LogP contribution in [0.15, 0.2) is 17.6 Å². The van der Waals surface area contributed by atoms with Gasteiger partial charge in [-0.3, -0.25) is 0 Å². The number of hydrogen-bond acceptors (Lipinski definition) is 3. The molecule has 1 saturated carbocycles. The Bertz CT molecular complexity index is 352. The lowest BCUT2D eigenvalue weighted by Gasteiger charge is -1.99. The Hall–Kier alpha value is -0.880. The van der Waals surface area contributed by atoms with Crippen LogP contribution >= 0.6 is 0 Å². The van der Waals surface area contributed by atoms with Gasteiger partial charge in [0, 0.05) is 18.4 Å². The molecule has 0 spiro atoms. The Morgan fingerprint density at radius 1 is 1.58 bits per heavy atom. The highest BCUT2D eigenvalue weighted by Crippen LogP contribution is 2.20. The van der Waals surface area contributed by atoms with Crippen molar-refractivity contribution >= 4 is 10.0 Å². The van der Waals surface area contributed by atoms with Crippen LogP contribution in [0.25, 0.3) is 0 Å². The van der Waals surface area contributed by atoms with Crippen molar-refractivity contribution in [1.82, 2.24) is 14.7 Å². The third-order valence-corrected chi connectivity index (χ3v) is 3.00. The van der Waals surface area contributed by atoms with Crippen LogP contribution in [0.4, 0.5) is 0 Å². The molecule has 1 aromatic rings. The van der Waals surface area contributed by atoms with Gasteiger partial charge in [-0.15, -0.1) is 0 Å². The van der Waals surface area contributed by atoms with Crippen LogP contribution in [0, 0.1) is 0 Å². The number of sulfonamides is 1. The molecular formula is C6H9N3O2S. The average molecular weight is 187 g/mol. The Balaban J connectivity index is 2.20. The molecule has 0 radical (unpaired) electrons. The van der Waals surface area contributed by atoms with E-state index in [9.17, 15) is 8.42 Å². The minimum atomic E-state index is -3.37. The van der Waals surface area contributed by atoms with E-state index in [2.05, 4.69) is 14.7 Å². The number of imidazole rings is 1. The van der Waals surface area contributed by atoms with Crippen LogP contribution in [0.3, 0.4) is 0 Å².